The molecule has 0 bridgehead atoms. The molecule has 0 aliphatic heterocycles. The average Bonchev–Trinajstić information content (AvgIpc) is 3.68. The van der Waals surface area contributed by atoms with Gasteiger partial charge in [0.15, 0.2) is 11.5 Å². The van der Waals surface area contributed by atoms with Crippen LogP contribution in [0.4, 0.5) is 5.82 Å². The summed E-state index contributed by atoms with van der Waals surface area (Å²) in [5.74, 6) is 5.71. The van der Waals surface area contributed by atoms with Crippen molar-refractivity contribution in [3.8, 4) is 28.9 Å². The van der Waals surface area contributed by atoms with Gasteiger partial charge in [-0.2, -0.15) is 5.10 Å². The number of thiazole rings is 1. The van der Waals surface area contributed by atoms with E-state index in [0.29, 0.717) is 39.1 Å². The summed E-state index contributed by atoms with van der Waals surface area (Å²) in [5, 5.41) is 10.1. The maximum Gasteiger partial charge on any atom is 0.274 e. The lowest BCUT2D eigenvalue weighted by Crippen LogP contribution is -2.33. The number of aromatic nitrogens is 6. The van der Waals surface area contributed by atoms with E-state index in [2.05, 4.69) is 37.2 Å². The number of nitrogens with two attached hydrogens (primary N) is 1. The minimum Gasteiger partial charge on any atom is -0.382 e. The van der Waals surface area contributed by atoms with Gasteiger partial charge >= 0.3 is 0 Å². The second-order valence-corrected chi connectivity index (χ2v) is 10.2. The van der Waals surface area contributed by atoms with Crippen molar-refractivity contribution in [2.75, 3.05) is 5.73 Å². The number of nitrogens with zero attached hydrogens (tertiary/aromatic N) is 6. The number of hydrogen-bond acceptors (Lipinski definition) is 8. The predicted molar refractivity (Wildman–Crippen MR) is 162 cm³/mol. The number of pyridine rings is 1. The molecule has 6 rings (SSSR count). The highest BCUT2D eigenvalue weighted by atomic mass is 32.1. The molecule has 4 aromatic heterocycles. The minimum atomic E-state index is -0.607. The molecule has 1 atom stereocenters. The third-order valence-corrected chi connectivity index (χ3v) is 7.22. The van der Waals surface area contributed by atoms with Gasteiger partial charge in [0.25, 0.3) is 11.5 Å². The van der Waals surface area contributed by atoms with Crippen LogP contribution in [0.3, 0.4) is 0 Å². The van der Waals surface area contributed by atoms with E-state index in [1.807, 2.05) is 73.2 Å². The zero-order chi connectivity index (χ0) is 29.2. The van der Waals surface area contributed by atoms with Crippen LogP contribution in [0.2, 0.25) is 0 Å². The smallest absolute Gasteiger partial charge is 0.274 e. The second-order valence-electron chi connectivity index (χ2n) is 9.53. The van der Waals surface area contributed by atoms with Crippen molar-refractivity contribution >= 4 is 33.8 Å². The largest absolute Gasteiger partial charge is 0.382 e. The lowest BCUT2D eigenvalue weighted by atomic mass is 10.0. The summed E-state index contributed by atoms with van der Waals surface area (Å²) in [7, 11) is 1.82. The monoisotopic (exact) mass is 572 g/mol. The van der Waals surface area contributed by atoms with E-state index in [1.165, 1.54) is 17.5 Å². The summed E-state index contributed by atoms with van der Waals surface area (Å²) < 4.78 is 3.27. The summed E-state index contributed by atoms with van der Waals surface area (Å²) in [6, 6.07) is 16.1. The Balaban J connectivity index is 1.44. The summed E-state index contributed by atoms with van der Waals surface area (Å²) in [6.07, 6.45) is 4.97. The van der Waals surface area contributed by atoms with Crippen LogP contribution in [0.25, 0.3) is 27.8 Å². The molecule has 11 heteroatoms. The van der Waals surface area contributed by atoms with Crippen LogP contribution in [0.15, 0.2) is 88.9 Å². The number of benzene rings is 2. The summed E-state index contributed by atoms with van der Waals surface area (Å²) >= 11 is 1.41. The number of anilines is 1. The van der Waals surface area contributed by atoms with Crippen molar-refractivity contribution in [1.29, 1.82) is 0 Å². The first kappa shape index (κ1) is 26.6. The zero-order valence-corrected chi connectivity index (χ0v) is 23.5. The van der Waals surface area contributed by atoms with Gasteiger partial charge < -0.3 is 11.1 Å². The highest BCUT2D eigenvalue weighted by Crippen LogP contribution is 2.24. The lowest BCUT2D eigenvalue weighted by Gasteiger charge is -2.21. The van der Waals surface area contributed by atoms with Crippen LogP contribution < -0.4 is 16.6 Å². The fraction of sp³-hybridized carbons (Fsp3) is 0.0968. The number of hydrogen-bond donors (Lipinski definition) is 2. The molecule has 0 fully saturated rings. The molecule has 0 spiro atoms. The van der Waals surface area contributed by atoms with Gasteiger partial charge in [0.1, 0.15) is 11.4 Å². The van der Waals surface area contributed by atoms with Crippen molar-refractivity contribution in [3.05, 3.63) is 117 Å². The topological polar surface area (TPSA) is 134 Å². The van der Waals surface area contributed by atoms with Gasteiger partial charge in [-0.25, -0.2) is 15.0 Å². The third kappa shape index (κ3) is 5.14. The molecule has 0 aliphatic rings. The van der Waals surface area contributed by atoms with E-state index >= 15 is 0 Å². The lowest BCUT2D eigenvalue weighted by molar-refractivity contribution is 0.0934. The number of aryl methyl sites for hydroxylation is 1. The first-order valence-electron chi connectivity index (χ1n) is 13.0. The van der Waals surface area contributed by atoms with E-state index in [9.17, 15) is 9.59 Å². The third-order valence-electron chi connectivity index (χ3n) is 6.64. The molecule has 206 valence electrons. The molecule has 4 heterocycles. The van der Waals surface area contributed by atoms with Crippen molar-refractivity contribution in [1.82, 2.24) is 34.6 Å². The van der Waals surface area contributed by atoms with Crippen LogP contribution in [0.1, 0.15) is 40.3 Å². The second kappa shape index (κ2) is 11.1. The van der Waals surface area contributed by atoms with Crippen LogP contribution in [0, 0.1) is 11.8 Å². The van der Waals surface area contributed by atoms with Gasteiger partial charge in [-0.05, 0) is 36.6 Å². The molecule has 0 unspecified atom stereocenters. The molecule has 1 amide bonds. The molecule has 0 saturated carbocycles. The molecule has 0 radical (unpaired) electrons. The van der Waals surface area contributed by atoms with Crippen LogP contribution in [0.5, 0.6) is 0 Å². The number of nitrogens with one attached hydrogen (secondary N) is 1. The van der Waals surface area contributed by atoms with E-state index in [0.717, 1.165) is 5.56 Å². The van der Waals surface area contributed by atoms with Gasteiger partial charge in [0.05, 0.1) is 34.9 Å². The van der Waals surface area contributed by atoms with Crippen LogP contribution in [-0.2, 0) is 7.05 Å². The Morgan fingerprint density at radius 1 is 1.05 bits per heavy atom. The molecule has 0 saturated heterocycles. The summed E-state index contributed by atoms with van der Waals surface area (Å²) in [4.78, 5) is 40.4. The van der Waals surface area contributed by atoms with Crippen molar-refractivity contribution in [3.63, 3.8) is 0 Å². The minimum absolute atomic E-state index is 0.00512. The Bertz CT molecular complexity index is 2050. The van der Waals surface area contributed by atoms with Gasteiger partial charge in [0, 0.05) is 35.6 Å². The highest BCUT2D eigenvalue weighted by molar-refractivity contribution is 7.07. The predicted octanol–water partition coefficient (Wildman–Crippen LogP) is 4.11. The molecule has 0 aliphatic carbocycles. The number of carbonyl (C=O) groups excluding carboxylic acids is 1. The number of rotatable bonds is 5. The Hall–Kier alpha value is -5.60. The highest BCUT2D eigenvalue weighted by Gasteiger charge is 2.22. The fourth-order valence-electron chi connectivity index (χ4n) is 4.64. The average molecular weight is 573 g/mol. The SMILES string of the molecule is C[C@@H](NC(=O)c1nc(-c2cscn2)cnc1N)c1cc2cccc(C#Cc3cnn(C)c3)c2c(=O)n1-c1ccccc1. The van der Waals surface area contributed by atoms with Crippen LogP contribution in [-0.4, -0.2) is 35.2 Å². The van der Waals surface area contributed by atoms with Gasteiger partial charge in [-0.15, -0.1) is 11.3 Å². The maximum absolute atomic E-state index is 14.2. The van der Waals surface area contributed by atoms with Gasteiger partial charge in [0.2, 0.25) is 0 Å². The van der Waals surface area contributed by atoms with E-state index in [4.69, 9.17) is 5.73 Å². The van der Waals surface area contributed by atoms with E-state index < -0.39 is 11.9 Å². The van der Waals surface area contributed by atoms with Crippen molar-refractivity contribution in [2.24, 2.45) is 7.05 Å². The maximum atomic E-state index is 14.2. The standard InChI is InChI=1S/C31H24N8O2S/c1-19(36-30(40)28-29(32)33-15-24(37-28)25-17-42-18-34-25)26-13-22-8-6-7-21(12-11-20-14-35-38(2)16-20)27(22)31(41)39(26)23-9-4-3-5-10-23/h3-10,13-19H,1-2H3,(H2,32,33)(H,36,40)/t19-/m1/s1. The summed E-state index contributed by atoms with van der Waals surface area (Å²) in [5.41, 5.74) is 11.0. The van der Waals surface area contributed by atoms with E-state index in [-0.39, 0.29) is 17.1 Å². The number of amides is 1. The molecular formula is C31H24N8O2S. The number of fused-ring (bicyclic) bond motifs is 1. The Morgan fingerprint density at radius 3 is 2.62 bits per heavy atom. The molecule has 2 aromatic carbocycles. The normalized spacial score (nSPS) is 11.6. The summed E-state index contributed by atoms with van der Waals surface area (Å²) in [6.45, 7) is 1.80. The van der Waals surface area contributed by atoms with E-state index in [1.54, 1.807) is 27.9 Å². The number of para-hydroxylation sites is 1. The fourth-order valence-corrected chi connectivity index (χ4v) is 5.19. The Kier molecular flexibility index (Phi) is 7.04. The van der Waals surface area contributed by atoms with Gasteiger partial charge in [-0.1, -0.05) is 42.2 Å². The van der Waals surface area contributed by atoms with Crippen molar-refractivity contribution in [2.45, 2.75) is 13.0 Å². The number of nitrogen functional groups attached to an aromatic ring is 1. The Morgan fingerprint density at radius 2 is 1.88 bits per heavy atom. The van der Waals surface area contributed by atoms with Crippen molar-refractivity contribution < 1.29 is 4.79 Å². The molecule has 10 nitrogen and oxygen atoms in total. The quantitative estimate of drug-likeness (QED) is 0.297. The molecule has 6 aromatic rings. The molecule has 3 N–H and O–H groups in total. The number of carbonyl (C=O) groups is 1. The zero-order valence-electron chi connectivity index (χ0n) is 22.6. The van der Waals surface area contributed by atoms with Crippen LogP contribution >= 0.6 is 11.3 Å². The first-order chi connectivity index (χ1) is 20.4. The first-order valence-corrected chi connectivity index (χ1v) is 13.9. The molecular weight excluding hydrogens is 548 g/mol. The van der Waals surface area contributed by atoms with Gasteiger partial charge in [-0.3, -0.25) is 18.8 Å². The Labute approximate surface area is 244 Å². The molecule has 42 heavy (non-hydrogen) atoms.